The van der Waals surface area contributed by atoms with Gasteiger partial charge in [0.1, 0.15) is 0 Å². The van der Waals surface area contributed by atoms with Gasteiger partial charge in [-0.25, -0.2) is 9.97 Å². The molecule has 0 radical (unpaired) electrons. The molecule has 0 saturated heterocycles. The Balaban J connectivity index is 1.55. The number of aromatic nitrogens is 3. The zero-order valence-corrected chi connectivity index (χ0v) is 15.0. The molecule has 126 valence electrons. The van der Waals surface area contributed by atoms with Gasteiger partial charge in [0.15, 0.2) is 10.3 Å². The molecule has 6 nitrogen and oxygen atoms in total. The molecule has 1 N–H and O–H groups in total. The number of carbonyl (C=O) groups excluding carboxylic acids is 1. The first-order chi connectivity index (χ1) is 11.6. The van der Waals surface area contributed by atoms with E-state index in [-0.39, 0.29) is 23.9 Å². The maximum absolute atomic E-state index is 12.8. The largest absolute Gasteiger partial charge is 0.302 e. The van der Waals surface area contributed by atoms with Gasteiger partial charge in [-0.15, -0.1) is 11.3 Å². The lowest BCUT2D eigenvalue weighted by Gasteiger charge is -2.18. The molecule has 2 aromatic rings. The molecule has 2 aromatic heterocycles. The highest BCUT2D eigenvalue weighted by atomic mass is 32.2. The zero-order chi connectivity index (χ0) is 16.7. The van der Waals surface area contributed by atoms with Gasteiger partial charge in [-0.05, 0) is 32.6 Å². The first kappa shape index (κ1) is 15.8. The van der Waals surface area contributed by atoms with Gasteiger partial charge in [0.25, 0.3) is 5.56 Å². The molecule has 8 heteroatoms. The van der Waals surface area contributed by atoms with E-state index in [0.29, 0.717) is 5.13 Å². The SMILES string of the molecule is Cc1csc(NC(=O)CC2CSc3nc4c(c(=O)n32)CCCC4)n1. The van der Waals surface area contributed by atoms with Crippen molar-refractivity contribution in [2.75, 3.05) is 11.1 Å². The molecule has 0 spiro atoms. The van der Waals surface area contributed by atoms with Crippen molar-refractivity contribution in [3.63, 3.8) is 0 Å². The number of nitrogens with one attached hydrogen (secondary N) is 1. The van der Waals surface area contributed by atoms with Crippen LogP contribution in [-0.2, 0) is 17.6 Å². The molecule has 0 saturated carbocycles. The third kappa shape index (κ3) is 2.88. The third-order valence-electron chi connectivity index (χ3n) is 4.41. The van der Waals surface area contributed by atoms with Crippen molar-refractivity contribution >= 4 is 34.1 Å². The summed E-state index contributed by atoms with van der Waals surface area (Å²) >= 11 is 2.99. The van der Waals surface area contributed by atoms with Crippen molar-refractivity contribution in [1.82, 2.24) is 14.5 Å². The minimum Gasteiger partial charge on any atom is -0.302 e. The molecule has 3 heterocycles. The molecule has 0 aromatic carbocycles. The minimum absolute atomic E-state index is 0.0580. The number of fused-ring (bicyclic) bond motifs is 2. The van der Waals surface area contributed by atoms with Crippen molar-refractivity contribution in [1.29, 1.82) is 0 Å². The lowest BCUT2D eigenvalue weighted by molar-refractivity contribution is -0.116. The summed E-state index contributed by atoms with van der Waals surface area (Å²) in [7, 11) is 0. The third-order valence-corrected chi connectivity index (χ3v) is 6.38. The van der Waals surface area contributed by atoms with Gasteiger partial charge in [-0.1, -0.05) is 11.8 Å². The van der Waals surface area contributed by atoms with Crippen LogP contribution in [0, 0.1) is 6.92 Å². The standard InChI is InChI=1S/C16H18N4O2S2/c1-9-7-23-15(17-9)19-13(21)6-10-8-24-16-18-12-5-3-2-4-11(12)14(22)20(10)16/h7,10H,2-6,8H2,1H3,(H,17,19,21). The topological polar surface area (TPSA) is 76.9 Å². The summed E-state index contributed by atoms with van der Waals surface area (Å²) in [6.45, 7) is 1.89. The van der Waals surface area contributed by atoms with Crippen molar-refractivity contribution in [2.24, 2.45) is 0 Å². The van der Waals surface area contributed by atoms with E-state index in [0.717, 1.165) is 53.5 Å². The Hall–Kier alpha value is -1.67. The number of thioether (sulfide) groups is 1. The lowest BCUT2D eigenvalue weighted by Crippen LogP contribution is -2.32. The smallest absolute Gasteiger partial charge is 0.257 e. The summed E-state index contributed by atoms with van der Waals surface area (Å²) in [5, 5.41) is 6.10. The van der Waals surface area contributed by atoms with Crippen LogP contribution in [0.2, 0.25) is 0 Å². The van der Waals surface area contributed by atoms with Crippen LogP contribution in [0.3, 0.4) is 0 Å². The second-order valence-electron chi connectivity index (χ2n) is 6.21. The van der Waals surface area contributed by atoms with Gasteiger partial charge in [0.05, 0.1) is 17.4 Å². The second kappa shape index (κ2) is 6.33. The van der Waals surface area contributed by atoms with Crippen LogP contribution in [0.15, 0.2) is 15.3 Å². The Morgan fingerprint density at radius 3 is 3.00 bits per heavy atom. The number of aryl methyl sites for hydroxylation is 2. The molecule has 1 aliphatic heterocycles. The number of hydrogen-bond donors (Lipinski definition) is 1. The zero-order valence-electron chi connectivity index (χ0n) is 13.4. The van der Waals surface area contributed by atoms with Gasteiger partial charge in [0, 0.05) is 23.1 Å². The number of rotatable bonds is 3. The minimum atomic E-state index is -0.127. The quantitative estimate of drug-likeness (QED) is 0.849. The van der Waals surface area contributed by atoms with E-state index in [2.05, 4.69) is 15.3 Å². The molecule has 4 rings (SSSR count). The Morgan fingerprint density at radius 2 is 2.21 bits per heavy atom. The first-order valence-electron chi connectivity index (χ1n) is 8.11. The fourth-order valence-corrected chi connectivity index (χ4v) is 5.12. The lowest BCUT2D eigenvalue weighted by atomic mass is 9.97. The average molecular weight is 362 g/mol. The second-order valence-corrected chi connectivity index (χ2v) is 8.06. The molecule has 0 fully saturated rings. The highest BCUT2D eigenvalue weighted by molar-refractivity contribution is 7.99. The van der Waals surface area contributed by atoms with Crippen LogP contribution in [0.1, 0.15) is 42.3 Å². The Kier molecular flexibility index (Phi) is 4.17. The summed E-state index contributed by atoms with van der Waals surface area (Å²) in [5.41, 5.74) is 2.77. The maximum atomic E-state index is 12.8. The Bertz CT molecular complexity index is 858. The van der Waals surface area contributed by atoms with Crippen LogP contribution in [0.25, 0.3) is 0 Å². The molecule has 1 amide bonds. The summed E-state index contributed by atoms with van der Waals surface area (Å²) in [6.07, 6.45) is 4.13. The van der Waals surface area contributed by atoms with Crippen LogP contribution in [0.4, 0.5) is 5.13 Å². The van der Waals surface area contributed by atoms with Gasteiger partial charge < -0.3 is 5.32 Å². The van der Waals surface area contributed by atoms with Gasteiger partial charge >= 0.3 is 0 Å². The fraction of sp³-hybridized carbons (Fsp3) is 0.500. The van der Waals surface area contributed by atoms with Gasteiger partial charge in [-0.2, -0.15) is 0 Å². The first-order valence-corrected chi connectivity index (χ1v) is 9.97. The van der Waals surface area contributed by atoms with E-state index in [1.54, 1.807) is 16.3 Å². The fourth-order valence-electron chi connectivity index (χ4n) is 3.26. The molecular formula is C16H18N4O2S2. The van der Waals surface area contributed by atoms with Crippen LogP contribution in [-0.4, -0.2) is 26.2 Å². The molecular weight excluding hydrogens is 344 g/mol. The average Bonchev–Trinajstić information content (AvgIpc) is 3.14. The number of nitrogens with zero attached hydrogens (tertiary/aromatic N) is 3. The predicted molar refractivity (Wildman–Crippen MR) is 95.0 cm³/mol. The van der Waals surface area contributed by atoms with Crippen LogP contribution < -0.4 is 10.9 Å². The van der Waals surface area contributed by atoms with Crippen molar-refractivity contribution < 1.29 is 4.79 Å². The van der Waals surface area contributed by atoms with E-state index < -0.39 is 0 Å². The molecule has 24 heavy (non-hydrogen) atoms. The van der Waals surface area contributed by atoms with E-state index in [4.69, 9.17) is 0 Å². The van der Waals surface area contributed by atoms with Crippen molar-refractivity contribution in [3.8, 4) is 0 Å². The van der Waals surface area contributed by atoms with Crippen molar-refractivity contribution in [2.45, 2.75) is 50.2 Å². The molecule has 2 aliphatic rings. The number of thiazole rings is 1. The normalized spacial score (nSPS) is 19.0. The number of amides is 1. The molecule has 0 bridgehead atoms. The van der Waals surface area contributed by atoms with E-state index in [1.165, 1.54) is 11.3 Å². The Morgan fingerprint density at radius 1 is 1.38 bits per heavy atom. The van der Waals surface area contributed by atoms with Crippen LogP contribution >= 0.6 is 23.1 Å². The summed E-state index contributed by atoms with van der Waals surface area (Å²) in [6, 6.07) is -0.127. The molecule has 1 aliphatic carbocycles. The predicted octanol–water partition coefficient (Wildman–Crippen LogP) is 2.56. The monoisotopic (exact) mass is 362 g/mol. The van der Waals surface area contributed by atoms with E-state index >= 15 is 0 Å². The number of hydrogen-bond acceptors (Lipinski definition) is 6. The maximum Gasteiger partial charge on any atom is 0.257 e. The Labute approximate surface area is 147 Å². The summed E-state index contributed by atoms with van der Waals surface area (Å²) in [5.74, 6) is 0.613. The van der Waals surface area contributed by atoms with E-state index in [9.17, 15) is 9.59 Å². The molecule has 1 unspecified atom stereocenters. The highest BCUT2D eigenvalue weighted by Gasteiger charge is 2.30. The summed E-state index contributed by atoms with van der Waals surface area (Å²) < 4.78 is 1.74. The summed E-state index contributed by atoms with van der Waals surface area (Å²) in [4.78, 5) is 34.1. The van der Waals surface area contributed by atoms with Gasteiger partial charge in [0.2, 0.25) is 5.91 Å². The molecule has 1 atom stereocenters. The van der Waals surface area contributed by atoms with E-state index in [1.807, 2.05) is 12.3 Å². The van der Waals surface area contributed by atoms with Gasteiger partial charge in [-0.3, -0.25) is 14.2 Å². The number of carbonyl (C=O) groups is 1. The highest BCUT2D eigenvalue weighted by Crippen LogP contribution is 2.34. The van der Waals surface area contributed by atoms with Crippen LogP contribution in [0.5, 0.6) is 0 Å². The van der Waals surface area contributed by atoms with Crippen molar-refractivity contribution in [3.05, 3.63) is 32.7 Å². The number of anilines is 1.